The van der Waals surface area contributed by atoms with Crippen LogP contribution in [0.4, 0.5) is 14.5 Å². The van der Waals surface area contributed by atoms with E-state index < -0.39 is 11.6 Å². The molecule has 2 nitrogen and oxygen atoms in total. The zero-order valence-corrected chi connectivity index (χ0v) is 9.43. The Labute approximate surface area is 93.5 Å². The van der Waals surface area contributed by atoms with Crippen molar-refractivity contribution in [1.29, 1.82) is 0 Å². The van der Waals surface area contributed by atoms with Crippen LogP contribution in [0.15, 0.2) is 12.1 Å². The molecule has 0 radical (unpaired) electrons. The van der Waals surface area contributed by atoms with Crippen molar-refractivity contribution >= 4 is 5.69 Å². The molecule has 1 aliphatic rings. The van der Waals surface area contributed by atoms with E-state index in [1.807, 2.05) is 0 Å². The van der Waals surface area contributed by atoms with Crippen LogP contribution in [0.2, 0.25) is 0 Å². The maximum atomic E-state index is 13.7. The number of benzene rings is 1. The third-order valence-electron chi connectivity index (χ3n) is 3.24. The second-order valence-electron chi connectivity index (χ2n) is 4.59. The van der Waals surface area contributed by atoms with Gasteiger partial charge in [0.25, 0.3) is 0 Å². The van der Waals surface area contributed by atoms with Gasteiger partial charge in [-0.15, -0.1) is 0 Å². The SMILES string of the molecule is CN(C)c1c(C2(CO)CC2)ccc(F)c1F. The molecule has 0 aromatic heterocycles. The van der Waals surface area contributed by atoms with Gasteiger partial charge in [0.15, 0.2) is 11.6 Å². The van der Waals surface area contributed by atoms with Gasteiger partial charge in [0.05, 0.1) is 12.3 Å². The highest BCUT2D eigenvalue weighted by molar-refractivity contribution is 5.59. The number of aliphatic hydroxyl groups is 1. The zero-order chi connectivity index (χ0) is 11.9. The summed E-state index contributed by atoms with van der Waals surface area (Å²) in [6.07, 6.45) is 1.66. The molecule has 0 heterocycles. The fourth-order valence-corrected chi connectivity index (χ4v) is 2.07. The monoisotopic (exact) mass is 227 g/mol. The minimum Gasteiger partial charge on any atom is -0.395 e. The first kappa shape index (κ1) is 11.3. The number of halogens is 2. The van der Waals surface area contributed by atoms with Crippen molar-refractivity contribution in [1.82, 2.24) is 0 Å². The predicted molar refractivity (Wildman–Crippen MR) is 58.7 cm³/mol. The maximum absolute atomic E-state index is 13.7. The van der Waals surface area contributed by atoms with Crippen LogP contribution >= 0.6 is 0 Å². The number of rotatable bonds is 3. The molecule has 1 N–H and O–H groups in total. The minimum absolute atomic E-state index is 0.0150. The van der Waals surface area contributed by atoms with Gasteiger partial charge >= 0.3 is 0 Å². The lowest BCUT2D eigenvalue weighted by molar-refractivity contribution is 0.255. The van der Waals surface area contributed by atoms with E-state index in [0.29, 0.717) is 5.56 Å². The molecule has 1 saturated carbocycles. The van der Waals surface area contributed by atoms with E-state index in [-0.39, 0.29) is 17.7 Å². The molecule has 4 heteroatoms. The molecule has 1 aromatic rings. The van der Waals surface area contributed by atoms with Gasteiger partial charge in [-0.1, -0.05) is 6.07 Å². The van der Waals surface area contributed by atoms with Gasteiger partial charge in [-0.3, -0.25) is 0 Å². The quantitative estimate of drug-likeness (QED) is 0.854. The topological polar surface area (TPSA) is 23.5 Å². The van der Waals surface area contributed by atoms with Crippen LogP contribution in [-0.4, -0.2) is 25.8 Å². The normalized spacial score (nSPS) is 17.3. The van der Waals surface area contributed by atoms with Crippen LogP contribution in [0.5, 0.6) is 0 Å². The van der Waals surface area contributed by atoms with Gasteiger partial charge in [0.2, 0.25) is 0 Å². The highest BCUT2D eigenvalue weighted by Crippen LogP contribution is 2.51. The van der Waals surface area contributed by atoms with Crippen LogP contribution in [-0.2, 0) is 5.41 Å². The fraction of sp³-hybridized carbons (Fsp3) is 0.500. The molecular weight excluding hydrogens is 212 g/mol. The Hall–Kier alpha value is -1.16. The summed E-state index contributed by atoms with van der Waals surface area (Å²) in [5, 5.41) is 9.34. The Morgan fingerprint density at radius 2 is 1.94 bits per heavy atom. The molecule has 0 spiro atoms. The van der Waals surface area contributed by atoms with Crippen molar-refractivity contribution in [2.75, 3.05) is 25.6 Å². The highest BCUT2D eigenvalue weighted by atomic mass is 19.2. The summed E-state index contributed by atoms with van der Waals surface area (Å²) in [5.74, 6) is -1.68. The molecule has 0 aliphatic heterocycles. The van der Waals surface area contributed by atoms with Gasteiger partial charge in [0, 0.05) is 19.5 Å². The summed E-state index contributed by atoms with van der Waals surface area (Å²) in [5.41, 5.74) is 0.610. The Bertz CT molecular complexity index is 414. The molecule has 1 fully saturated rings. The minimum atomic E-state index is -0.846. The Morgan fingerprint density at radius 3 is 2.38 bits per heavy atom. The Balaban J connectivity index is 2.57. The summed E-state index contributed by atoms with van der Waals surface area (Å²) < 4.78 is 26.9. The zero-order valence-electron chi connectivity index (χ0n) is 9.43. The molecule has 1 aromatic carbocycles. The summed E-state index contributed by atoms with van der Waals surface area (Å²) in [6.45, 7) is -0.0150. The molecule has 0 atom stereocenters. The van der Waals surface area contributed by atoms with Gasteiger partial charge in [-0.2, -0.15) is 0 Å². The van der Waals surface area contributed by atoms with E-state index in [0.717, 1.165) is 18.9 Å². The van der Waals surface area contributed by atoms with Crippen molar-refractivity contribution in [2.24, 2.45) is 0 Å². The summed E-state index contributed by atoms with van der Waals surface area (Å²) in [7, 11) is 3.35. The predicted octanol–water partition coefficient (Wildman–Crippen LogP) is 2.05. The molecule has 0 unspecified atom stereocenters. The van der Waals surface area contributed by atoms with Crippen LogP contribution < -0.4 is 4.90 Å². The third kappa shape index (κ3) is 1.57. The first-order valence-corrected chi connectivity index (χ1v) is 5.28. The Kier molecular flexibility index (Phi) is 2.62. The molecule has 0 saturated heterocycles. The van der Waals surface area contributed by atoms with E-state index >= 15 is 0 Å². The van der Waals surface area contributed by atoms with Crippen LogP contribution in [0.3, 0.4) is 0 Å². The van der Waals surface area contributed by atoms with Crippen molar-refractivity contribution in [2.45, 2.75) is 18.3 Å². The lowest BCUT2D eigenvalue weighted by Crippen LogP contribution is -2.21. The number of hydrogen-bond acceptors (Lipinski definition) is 2. The smallest absolute Gasteiger partial charge is 0.182 e. The van der Waals surface area contributed by atoms with Gasteiger partial charge in [0.1, 0.15) is 0 Å². The maximum Gasteiger partial charge on any atom is 0.182 e. The molecule has 0 bridgehead atoms. The van der Waals surface area contributed by atoms with E-state index in [2.05, 4.69) is 0 Å². The van der Waals surface area contributed by atoms with Crippen LogP contribution in [0.25, 0.3) is 0 Å². The molecule has 1 aliphatic carbocycles. The molecule has 2 rings (SSSR count). The summed E-state index contributed by atoms with van der Waals surface area (Å²) in [4.78, 5) is 1.56. The average Bonchev–Trinajstić information content (AvgIpc) is 3.02. The summed E-state index contributed by atoms with van der Waals surface area (Å²) in [6, 6.07) is 2.71. The van der Waals surface area contributed by atoms with E-state index in [9.17, 15) is 13.9 Å². The van der Waals surface area contributed by atoms with Gasteiger partial charge in [-0.25, -0.2) is 8.78 Å². The Morgan fingerprint density at radius 1 is 1.31 bits per heavy atom. The van der Waals surface area contributed by atoms with Crippen LogP contribution in [0, 0.1) is 11.6 Å². The van der Waals surface area contributed by atoms with Crippen LogP contribution in [0.1, 0.15) is 18.4 Å². The second-order valence-corrected chi connectivity index (χ2v) is 4.59. The van der Waals surface area contributed by atoms with E-state index in [4.69, 9.17) is 0 Å². The van der Waals surface area contributed by atoms with Crippen molar-refractivity contribution in [3.8, 4) is 0 Å². The van der Waals surface area contributed by atoms with Crippen molar-refractivity contribution in [3.05, 3.63) is 29.3 Å². The number of hydrogen-bond donors (Lipinski definition) is 1. The van der Waals surface area contributed by atoms with Gasteiger partial charge < -0.3 is 10.0 Å². The molecule has 16 heavy (non-hydrogen) atoms. The lowest BCUT2D eigenvalue weighted by atomic mass is 9.94. The van der Waals surface area contributed by atoms with E-state index in [1.54, 1.807) is 25.1 Å². The first-order valence-electron chi connectivity index (χ1n) is 5.28. The van der Waals surface area contributed by atoms with Crippen molar-refractivity contribution in [3.63, 3.8) is 0 Å². The third-order valence-corrected chi connectivity index (χ3v) is 3.24. The average molecular weight is 227 g/mol. The second kappa shape index (κ2) is 3.70. The molecule has 88 valence electrons. The molecular formula is C12H15F2NO. The van der Waals surface area contributed by atoms with Gasteiger partial charge in [-0.05, 0) is 24.5 Å². The molecule has 0 amide bonds. The largest absolute Gasteiger partial charge is 0.395 e. The highest BCUT2D eigenvalue weighted by Gasteiger charge is 2.46. The lowest BCUT2D eigenvalue weighted by Gasteiger charge is -2.23. The standard InChI is InChI=1S/C12H15F2NO/c1-15(2)11-8(12(7-16)5-6-12)3-4-9(13)10(11)14/h3-4,16H,5-7H2,1-2H3. The summed E-state index contributed by atoms with van der Waals surface area (Å²) >= 11 is 0. The fourth-order valence-electron chi connectivity index (χ4n) is 2.07. The van der Waals surface area contributed by atoms with Crippen molar-refractivity contribution < 1.29 is 13.9 Å². The first-order chi connectivity index (χ1) is 7.52. The number of anilines is 1. The number of nitrogens with zero attached hydrogens (tertiary/aromatic N) is 1. The van der Waals surface area contributed by atoms with E-state index in [1.165, 1.54) is 0 Å². The number of aliphatic hydroxyl groups excluding tert-OH is 1.